The first-order chi connectivity index (χ1) is 13.7. The van der Waals surface area contributed by atoms with Crippen LogP contribution in [0.3, 0.4) is 0 Å². The van der Waals surface area contributed by atoms with E-state index >= 15 is 0 Å². The van der Waals surface area contributed by atoms with Crippen molar-refractivity contribution < 1.29 is 14.2 Å². The van der Waals surface area contributed by atoms with Gasteiger partial charge < -0.3 is 24.8 Å². The summed E-state index contributed by atoms with van der Waals surface area (Å²) in [6, 6.07) is 9.57. The van der Waals surface area contributed by atoms with Crippen LogP contribution in [0.1, 0.15) is 11.3 Å². The van der Waals surface area contributed by atoms with Crippen LogP contribution in [-0.2, 0) is 11.2 Å². The molecule has 8 heteroatoms. The second-order valence-electron chi connectivity index (χ2n) is 6.79. The highest BCUT2D eigenvalue weighted by atomic mass is 35.5. The number of nitrogens with zero attached hydrogens (tertiary/aromatic N) is 3. The molecule has 0 bridgehead atoms. The Kier molecular flexibility index (Phi) is 4.33. The van der Waals surface area contributed by atoms with Gasteiger partial charge in [-0.1, -0.05) is 17.7 Å². The zero-order chi connectivity index (χ0) is 19.1. The van der Waals surface area contributed by atoms with Gasteiger partial charge in [0.25, 0.3) is 0 Å². The fourth-order valence-electron chi connectivity index (χ4n) is 3.57. The van der Waals surface area contributed by atoms with Crippen molar-refractivity contribution in [1.82, 2.24) is 9.97 Å². The number of nitrogen functional groups attached to an aromatic ring is 1. The van der Waals surface area contributed by atoms with E-state index in [1.54, 1.807) is 6.07 Å². The number of fused-ring (bicyclic) bond motifs is 2. The summed E-state index contributed by atoms with van der Waals surface area (Å²) in [5.41, 5.74) is 9.48. The van der Waals surface area contributed by atoms with Crippen molar-refractivity contribution in [3.8, 4) is 11.5 Å². The number of morpholine rings is 1. The summed E-state index contributed by atoms with van der Waals surface area (Å²) in [6.45, 7) is 3.11. The molecular formula is C20H19ClN4O3. The van der Waals surface area contributed by atoms with Crippen LogP contribution in [0.25, 0.3) is 10.9 Å². The minimum atomic E-state index is 0.249. The van der Waals surface area contributed by atoms with Crippen LogP contribution in [0, 0.1) is 0 Å². The number of halogens is 1. The predicted molar refractivity (Wildman–Crippen MR) is 107 cm³/mol. The lowest BCUT2D eigenvalue weighted by atomic mass is 10.0. The lowest BCUT2D eigenvalue weighted by molar-refractivity contribution is 0.122. The molecule has 28 heavy (non-hydrogen) atoms. The number of nitrogens with two attached hydrogens (primary N) is 1. The number of ether oxygens (including phenoxy) is 3. The molecule has 0 amide bonds. The van der Waals surface area contributed by atoms with Crippen molar-refractivity contribution in [3.63, 3.8) is 0 Å². The van der Waals surface area contributed by atoms with E-state index in [0.29, 0.717) is 36.3 Å². The zero-order valence-corrected chi connectivity index (χ0v) is 15.9. The normalized spacial score (nSPS) is 16.0. The van der Waals surface area contributed by atoms with Crippen LogP contribution in [0.2, 0.25) is 5.02 Å². The molecule has 1 aromatic heterocycles. The molecular weight excluding hydrogens is 380 g/mol. The maximum atomic E-state index is 6.30. The van der Waals surface area contributed by atoms with Crippen LogP contribution in [0.15, 0.2) is 30.3 Å². The van der Waals surface area contributed by atoms with E-state index in [9.17, 15) is 0 Å². The predicted octanol–water partition coefficient (Wildman–Crippen LogP) is 3.02. The molecule has 2 aromatic carbocycles. The molecule has 0 radical (unpaired) electrons. The number of hydrogen-bond acceptors (Lipinski definition) is 7. The Hall–Kier alpha value is -2.77. The molecule has 144 valence electrons. The van der Waals surface area contributed by atoms with E-state index in [0.717, 1.165) is 46.7 Å². The summed E-state index contributed by atoms with van der Waals surface area (Å²) in [6.07, 6.45) is 0.581. The molecule has 2 aliphatic rings. The monoisotopic (exact) mass is 398 g/mol. The van der Waals surface area contributed by atoms with Crippen molar-refractivity contribution in [2.45, 2.75) is 6.42 Å². The number of aromatic nitrogens is 2. The molecule has 0 unspecified atom stereocenters. The Labute approximate surface area is 167 Å². The minimum Gasteiger partial charge on any atom is -0.454 e. The van der Waals surface area contributed by atoms with Crippen molar-refractivity contribution in [3.05, 3.63) is 46.6 Å². The second kappa shape index (κ2) is 7.00. The van der Waals surface area contributed by atoms with E-state index in [-0.39, 0.29) is 6.79 Å². The average Bonchev–Trinajstić information content (AvgIpc) is 3.19. The first-order valence-electron chi connectivity index (χ1n) is 9.15. The van der Waals surface area contributed by atoms with Gasteiger partial charge >= 0.3 is 0 Å². The van der Waals surface area contributed by atoms with Gasteiger partial charge in [-0.15, -0.1) is 0 Å². The largest absolute Gasteiger partial charge is 0.454 e. The van der Waals surface area contributed by atoms with Crippen molar-refractivity contribution in [2.75, 3.05) is 43.7 Å². The molecule has 7 nitrogen and oxygen atoms in total. The second-order valence-corrected chi connectivity index (χ2v) is 7.20. The molecule has 1 fully saturated rings. The summed E-state index contributed by atoms with van der Waals surface area (Å²) in [4.78, 5) is 11.7. The minimum absolute atomic E-state index is 0.249. The lowest BCUT2D eigenvalue weighted by Gasteiger charge is -2.27. The summed E-state index contributed by atoms with van der Waals surface area (Å²) in [5.74, 6) is 2.19. The van der Waals surface area contributed by atoms with Gasteiger partial charge in [-0.3, -0.25) is 0 Å². The highest BCUT2D eigenvalue weighted by Crippen LogP contribution is 2.35. The van der Waals surface area contributed by atoms with Gasteiger partial charge in [0.1, 0.15) is 0 Å². The number of benzene rings is 2. The van der Waals surface area contributed by atoms with E-state index < -0.39 is 0 Å². The standard InChI is InChI=1S/C20H19ClN4O3/c21-13-2-3-14-18(19(13)22)15(24-20(23-14)25-5-7-26-8-6-25)9-12-1-4-16-17(10-12)28-11-27-16/h1-4,10H,5-9,11,22H2. The fraction of sp³-hybridized carbons (Fsp3) is 0.300. The molecule has 0 aliphatic carbocycles. The molecule has 1 saturated heterocycles. The Morgan fingerprint density at radius 2 is 1.86 bits per heavy atom. The molecule has 2 aliphatic heterocycles. The van der Waals surface area contributed by atoms with Crippen molar-refractivity contribution in [2.24, 2.45) is 0 Å². The van der Waals surface area contributed by atoms with Gasteiger partial charge in [0.15, 0.2) is 11.5 Å². The topological polar surface area (TPSA) is 82.7 Å². The van der Waals surface area contributed by atoms with E-state index in [2.05, 4.69) is 4.90 Å². The fourth-order valence-corrected chi connectivity index (χ4v) is 3.72. The SMILES string of the molecule is Nc1c(Cl)ccc2nc(N3CCOCC3)nc(Cc3ccc4c(c3)OCO4)c12. The zero-order valence-electron chi connectivity index (χ0n) is 15.2. The average molecular weight is 399 g/mol. The molecule has 3 aromatic rings. The maximum Gasteiger partial charge on any atom is 0.231 e. The quantitative estimate of drug-likeness (QED) is 0.679. The third-order valence-electron chi connectivity index (χ3n) is 5.02. The summed E-state index contributed by atoms with van der Waals surface area (Å²) < 4.78 is 16.4. The lowest BCUT2D eigenvalue weighted by Crippen LogP contribution is -2.37. The molecule has 5 rings (SSSR count). The Morgan fingerprint density at radius 1 is 1.04 bits per heavy atom. The smallest absolute Gasteiger partial charge is 0.231 e. The van der Waals surface area contributed by atoms with Crippen LogP contribution >= 0.6 is 11.6 Å². The van der Waals surface area contributed by atoms with Crippen molar-refractivity contribution in [1.29, 1.82) is 0 Å². The summed E-state index contributed by atoms with van der Waals surface area (Å²) in [5, 5.41) is 1.30. The molecule has 0 spiro atoms. The Balaban J connectivity index is 1.61. The van der Waals surface area contributed by atoms with Gasteiger partial charge in [-0.25, -0.2) is 9.97 Å². The molecule has 3 heterocycles. The van der Waals surface area contributed by atoms with Crippen LogP contribution in [-0.4, -0.2) is 43.1 Å². The van der Waals surface area contributed by atoms with Gasteiger partial charge in [0, 0.05) is 24.9 Å². The Bertz CT molecular complexity index is 1050. The van der Waals surface area contributed by atoms with Crippen LogP contribution < -0.4 is 20.1 Å². The van der Waals surface area contributed by atoms with E-state index in [4.69, 9.17) is 41.5 Å². The van der Waals surface area contributed by atoms with Crippen LogP contribution in [0.5, 0.6) is 11.5 Å². The third kappa shape index (κ3) is 3.06. The van der Waals surface area contributed by atoms with Crippen LogP contribution in [0.4, 0.5) is 11.6 Å². The van der Waals surface area contributed by atoms with Crippen molar-refractivity contribution >= 4 is 34.1 Å². The number of hydrogen-bond donors (Lipinski definition) is 1. The van der Waals surface area contributed by atoms with E-state index in [1.807, 2.05) is 24.3 Å². The Morgan fingerprint density at radius 3 is 2.71 bits per heavy atom. The number of anilines is 2. The summed E-state index contributed by atoms with van der Waals surface area (Å²) in [7, 11) is 0. The summed E-state index contributed by atoms with van der Waals surface area (Å²) >= 11 is 6.28. The van der Waals surface area contributed by atoms with Gasteiger partial charge in [-0.2, -0.15) is 0 Å². The molecule has 2 N–H and O–H groups in total. The van der Waals surface area contributed by atoms with E-state index in [1.165, 1.54) is 0 Å². The van der Waals surface area contributed by atoms with Gasteiger partial charge in [0.2, 0.25) is 12.7 Å². The highest BCUT2D eigenvalue weighted by molar-refractivity contribution is 6.34. The number of rotatable bonds is 3. The molecule has 0 atom stereocenters. The van der Waals surface area contributed by atoms with Gasteiger partial charge in [-0.05, 0) is 29.8 Å². The first kappa shape index (κ1) is 17.3. The first-order valence-corrected chi connectivity index (χ1v) is 9.52. The maximum absolute atomic E-state index is 6.30. The molecule has 0 saturated carbocycles. The third-order valence-corrected chi connectivity index (χ3v) is 5.35. The highest BCUT2D eigenvalue weighted by Gasteiger charge is 2.20. The van der Waals surface area contributed by atoms with Gasteiger partial charge in [0.05, 0.1) is 35.1 Å².